The molecular formula is C27H35FN6O2S. The van der Waals surface area contributed by atoms with Crippen molar-refractivity contribution in [3.05, 3.63) is 35.3 Å². The number of nitrogens with one attached hydrogen (secondary N) is 2. The van der Waals surface area contributed by atoms with Crippen molar-refractivity contribution >= 4 is 34.2 Å². The van der Waals surface area contributed by atoms with Crippen LogP contribution in [0.1, 0.15) is 56.2 Å². The van der Waals surface area contributed by atoms with Gasteiger partial charge in [0.1, 0.15) is 16.5 Å². The molecule has 4 atom stereocenters. The van der Waals surface area contributed by atoms with Crippen LogP contribution in [0.4, 0.5) is 21.8 Å². The highest BCUT2D eigenvalue weighted by atomic mass is 32.2. The maximum atomic E-state index is 14.1. The minimum Gasteiger partial charge on any atom is -0.381 e. The van der Waals surface area contributed by atoms with Crippen LogP contribution >= 0.6 is 0 Å². The van der Waals surface area contributed by atoms with Gasteiger partial charge in [0.2, 0.25) is 11.9 Å². The number of aromatic nitrogens is 2. The maximum absolute atomic E-state index is 14.1. The van der Waals surface area contributed by atoms with E-state index >= 15 is 0 Å². The average molecular weight is 527 g/mol. The molecule has 4 aliphatic heterocycles. The first-order chi connectivity index (χ1) is 17.9. The van der Waals surface area contributed by atoms with Crippen LogP contribution < -0.4 is 15.5 Å². The molecule has 198 valence electrons. The summed E-state index contributed by atoms with van der Waals surface area (Å²) in [4.78, 5) is 26.4. The Morgan fingerprint density at radius 1 is 1.19 bits per heavy atom. The van der Waals surface area contributed by atoms with E-state index in [4.69, 9.17) is 9.97 Å². The van der Waals surface area contributed by atoms with Gasteiger partial charge in [0.05, 0.1) is 16.5 Å². The summed E-state index contributed by atoms with van der Waals surface area (Å²) in [5.41, 5.74) is 3.06. The Morgan fingerprint density at radius 3 is 2.76 bits per heavy atom. The van der Waals surface area contributed by atoms with Crippen LogP contribution in [0.5, 0.6) is 0 Å². The normalized spacial score (nSPS) is 27.7. The zero-order valence-corrected chi connectivity index (χ0v) is 22.3. The van der Waals surface area contributed by atoms with Gasteiger partial charge >= 0.3 is 0 Å². The number of hydrogen-bond acceptors (Lipinski definition) is 7. The molecule has 8 nitrogen and oxygen atoms in total. The summed E-state index contributed by atoms with van der Waals surface area (Å²) in [6, 6.07) is 5.54. The van der Waals surface area contributed by atoms with Crippen molar-refractivity contribution in [3.63, 3.8) is 0 Å². The zero-order chi connectivity index (χ0) is 25.7. The van der Waals surface area contributed by atoms with E-state index in [0.29, 0.717) is 54.8 Å². The first kappa shape index (κ1) is 24.6. The lowest BCUT2D eigenvalue weighted by molar-refractivity contribution is -0.132. The largest absolute Gasteiger partial charge is 0.381 e. The Hall–Kier alpha value is -2.75. The van der Waals surface area contributed by atoms with Gasteiger partial charge in [0.25, 0.3) is 0 Å². The Kier molecular flexibility index (Phi) is 6.54. The molecule has 0 saturated carbocycles. The fourth-order valence-electron chi connectivity index (χ4n) is 6.59. The molecule has 10 heteroatoms. The molecule has 5 heterocycles. The van der Waals surface area contributed by atoms with Crippen LogP contribution in [0, 0.1) is 11.7 Å². The zero-order valence-electron chi connectivity index (χ0n) is 21.5. The van der Waals surface area contributed by atoms with E-state index < -0.39 is 10.8 Å². The van der Waals surface area contributed by atoms with Crippen molar-refractivity contribution in [2.24, 2.45) is 5.92 Å². The lowest BCUT2D eigenvalue weighted by Crippen LogP contribution is -2.43. The van der Waals surface area contributed by atoms with Gasteiger partial charge in [-0.3, -0.25) is 9.00 Å². The molecule has 37 heavy (non-hydrogen) atoms. The number of piperidine rings is 2. The molecule has 2 N–H and O–H groups in total. The third-order valence-electron chi connectivity index (χ3n) is 8.56. The molecule has 0 spiro atoms. The highest BCUT2D eigenvalue weighted by molar-refractivity contribution is 7.85. The smallest absolute Gasteiger partial charge is 0.227 e. The Labute approximate surface area is 219 Å². The molecule has 2 aromatic rings. The van der Waals surface area contributed by atoms with E-state index in [-0.39, 0.29) is 17.8 Å². The fraction of sp³-hybridized carbons (Fsp3) is 0.593. The number of anilines is 3. The fourth-order valence-corrected chi connectivity index (χ4v) is 7.90. The third-order valence-corrected chi connectivity index (χ3v) is 10.0. The van der Waals surface area contributed by atoms with E-state index in [9.17, 15) is 13.4 Å². The Balaban J connectivity index is 1.20. The number of halogens is 1. The molecule has 0 aliphatic carbocycles. The summed E-state index contributed by atoms with van der Waals surface area (Å²) in [5, 5.41) is 7.14. The lowest BCUT2D eigenvalue weighted by atomic mass is 9.77. The van der Waals surface area contributed by atoms with Gasteiger partial charge in [-0.1, -0.05) is 6.92 Å². The quantitative estimate of drug-likeness (QED) is 0.616. The van der Waals surface area contributed by atoms with Crippen LogP contribution in [0.25, 0.3) is 0 Å². The van der Waals surface area contributed by atoms with Crippen molar-refractivity contribution in [1.82, 2.24) is 14.9 Å². The topological polar surface area (TPSA) is 90.5 Å². The van der Waals surface area contributed by atoms with Crippen molar-refractivity contribution in [2.75, 3.05) is 48.0 Å². The molecule has 0 radical (unpaired) electrons. The van der Waals surface area contributed by atoms with Crippen LogP contribution in [-0.4, -0.2) is 69.5 Å². The van der Waals surface area contributed by atoms with E-state index in [1.165, 1.54) is 6.07 Å². The number of carbonyl (C=O) groups excluding carboxylic acids is 1. The second-order valence-corrected chi connectivity index (χ2v) is 12.4. The second-order valence-electron chi connectivity index (χ2n) is 10.8. The van der Waals surface area contributed by atoms with Gasteiger partial charge in [-0.15, -0.1) is 0 Å². The average Bonchev–Trinajstić information content (AvgIpc) is 3.46. The van der Waals surface area contributed by atoms with Gasteiger partial charge in [-0.25, -0.2) is 9.37 Å². The standard InChI is InChI=1S/C27H35FN6O2S/c1-3-20-24(19-14-17(28)4-6-21(19)30-20)16-8-11-34(12-9-16)27-31-22-10-13-37(36)25(22)26(32-27)29-18-5-7-23(35)33(2)15-18/h4,6,14,16,18,20,24,30H,3,5,7-13,15H2,1-2H3,(H,29,31,32)/t18-,20?,24?,37?/m0/s1. The van der Waals surface area contributed by atoms with Crippen LogP contribution in [0.2, 0.25) is 0 Å². The third kappa shape index (κ3) is 4.57. The molecule has 1 amide bonds. The number of likely N-dealkylation sites (N-methyl/N-ethyl adjacent to an activating group) is 1. The Bertz CT molecular complexity index is 1230. The van der Waals surface area contributed by atoms with Gasteiger partial charge in [0, 0.05) is 69.0 Å². The summed E-state index contributed by atoms with van der Waals surface area (Å²) >= 11 is 0. The number of nitrogens with zero attached hydrogens (tertiary/aromatic N) is 4. The number of hydrogen-bond donors (Lipinski definition) is 2. The van der Waals surface area contributed by atoms with Crippen LogP contribution in [0.3, 0.4) is 0 Å². The van der Waals surface area contributed by atoms with Crippen molar-refractivity contribution in [1.29, 1.82) is 0 Å². The number of carbonyl (C=O) groups is 1. The summed E-state index contributed by atoms with van der Waals surface area (Å²) in [5.74, 6) is 2.71. The minimum atomic E-state index is -1.10. The molecule has 4 aliphatic rings. The predicted molar refractivity (Wildman–Crippen MR) is 143 cm³/mol. The summed E-state index contributed by atoms with van der Waals surface area (Å²) in [6.07, 6.45) is 4.92. The number of fused-ring (bicyclic) bond motifs is 2. The van der Waals surface area contributed by atoms with Crippen molar-refractivity contribution in [3.8, 4) is 0 Å². The second kappa shape index (κ2) is 9.85. The highest BCUT2D eigenvalue weighted by Crippen LogP contribution is 2.45. The molecule has 2 fully saturated rings. The summed E-state index contributed by atoms with van der Waals surface area (Å²) in [7, 11) is 0.721. The van der Waals surface area contributed by atoms with E-state index in [1.807, 2.05) is 13.1 Å². The van der Waals surface area contributed by atoms with E-state index in [2.05, 4.69) is 22.5 Å². The minimum absolute atomic E-state index is 0.0826. The first-order valence-corrected chi connectivity index (χ1v) is 14.8. The van der Waals surface area contributed by atoms with Gasteiger partial charge < -0.3 is 20.4 Å². The van der Waals surface area contributed by atoms with E-state index in [0.717, 1.165) is 60.6 Å². The molecular weight excluding hydrogens is 491 g/mol. The van der Waals surface area contributed by atoms with Crippen LogP contribution in [0.15, 0.2) is 23.1 Å². The Morgan fingerprint density at radius 2 is 2.00 bits per heavy atom. The number of rotatable bonds is 5. The van der Waals surface area contributed by atoms with Crippen LogP contribution in [-0.2, 0) is 22.0 Å². The molecule has 0 bridgehead atoms. The predicted octanol–water partition coefficient (Wildman–Crippen LogP) is 3.52. The van der Waals surface area contributed by atoms with E-state index in [1.54, 1.807) is 11.0 Å². The molecule has 2 saturated heterocycles. The van der Waals surface area contributed by atoms with Gasteiger partial charge in [-0.2, -0.15) is 4.98 Å². The molecule has 3 unspecified atom stereocenters. The molecule has 6 rings (SSSR count). The SMILES string of the molecule is CCC1Nc2ccc(F)cc2C1C1CCN(c2nc3c(c(N[C@H]4CCC(=O)N(C)C4)n2)S(=O)CC3)CC1. The first-order valence-electron chi connectivity index (χ1n) is 13.5. The number of aryl methyl sites for hydroxylation is 1. The number of benzene rings is 1. The monoisotopic (exact) mass is 526 g/mol. The van der Waals surface area contributed by atoms with Crippen molar-refractivity contribution < 1.29 is 13.4 Å². The number of amides is 1. The highest BCUT2D eigenvalue weighted by Gasteiger charge is 2.39. The molecule has 1 aromatic carbocycles. The van der Waals surface area contributed by atoms with Gasteiger partial charge in [0.15, 0.2) is 0 Å². The maximum Gasteiger partial charge on any atom is 0.227 e. The summed E-state index contributed by atoms with van der Waals surface area (Å²) < 4.78 is 26.9. The lowest BCUT2D eigenvalue weighted by Gasteiger charge is -2.37. The van der Waals surface area contributed by atoms with Crippen molar-refractivity contribution in [2.45, 2.75) is 68.3 Å². The van der Waals surface area contributed by atoms with Gasteiger partial charge in [-0.05, 0) is 55.4 Å². The number of likely N-dealkylation sites (tertiary alicyclic amines) is 1. The summed E-state index contributed by atoms with van der Waals surface area (Å²) in [6.45, 7) is 4.48. The molecule has 1 aromatic heterocycles.